The number of H-pyrrole nitrogens is 1. The predicted molar refractivity (Wildman–Crippen MR) is 129 cm³/mol. The molecular weight excluding hydrogens is 439 g/mol. The first-order valence-electron chi connectivity index (χ1n) is 11.6. The first kappa shape index (κ1) is 23.4. The van der Waals surface area contributed by atoms with Crippen molar-refractivity contribution in [3.63, 3.8) is 0 Å². The molecule has 8 heteroatoms. The van der Waals surface area contributed by atoms with Crippen LogP contribution in [0.5, 0.6) is 0 Å². The molecule has 2 aromatic carbocycles. The van der Waals surface area contributed by atoms with Crippen LogP contribution in [0.3, 0.4) is 0 Å². The number of aromatic nitrogens is 2. The van der Waals surface area contributed by atoms with Gasteiger partial charge in [-0.15, -0.1) is 0 Å². The average Bonchev–Trinajstić information content (AvgIpc) is 3.33. The van der Waals surface area contributed by atoms with Gasteiger partial charge in [-0.3, -0.25) is 9.82 Å². The molecule has 0 aliphatic heterocycles. The Bertz CT molecular complexity index is 1160. The van der Waals surface area contributed by atoms with Crippen molar-refractivity contribution < 1.29 is 12.8 Å². The topological polar surface area (TPSA) is 86.9 Å². The van der Waals surface area contributed by atoms with Gasteiger partial charge in [-0.1, -0.05) is 50.3 Å². The smallest absolute Gasteiger partial charge is 0.262 e. The predicted octanol–water partition coefficient (Wildman–Crippen LogP) is 5.47. The van der Waals surface area contributed by atoms with E-state index in [9.17, 15) is 12.8 Å². The molecule has 4 rings (SSSR count). The van der Waals surface area contributed by atoms with Gasteiger partial charge in [0.25, 0.3) is 10.0 Å². The molecule has 0 spiro atoms. The van der Waals surface area contributed by atoms with Crippen molar-refractivity contribution in [2.45, 2.75) is 62.9 Å². The van der Waals surface area contributed by atoms with Gasteiger partial charge in [0.2, 0.25) is 0 Å². The van der Waals surface area contributed by atoms with E-state index >= 15 is 0 Å². The number of hydrogen-bond donors (Lipinski definition) is 3. The maximum absolute atomic E-state index is 14.6. The molecule has 1 aliphatic carbocycles. The minimum absolute atomic E-state index is 0.132. The number of para-hydroxylation sites is 1. The molecule has 6 nitrogen and oxygen atoms in total. The third-order valence-corrected chi connectivity index (χ3v) is 7.71. The second kappa shape index (κ2) is 10.5. The number of nitrogens with zero attached hydrogens (tertiary/aromatic N) is 1. The zero-order valence-corrected chi connectivity index (χ0v) is 19.7. The molecule has 176 valence electrons. The van der Waals surface area contributed by atoms with Gasteiger partial charge in [0, 0.05) is 24.3 Å². The highest BCUT2D eigenvalue weighted by Crippen LogP contribution is 2.28. The van der Waals surface area contributed by atoms with Gasteiger partial charge in [0.1, 0.15) is 5.82 Å². The fraction of sp³-hybridized carbons (Fsp3) is 0.400. The van der Waals surface area contributed by atoms with E-state index in [1.807, 2.05) is 12.1 Å². The first-order valence-corrected chi connectivity index (χ1v) is 13.0. The van der Waals surface area contributed by atoms with Crippen molar-refractivity contribution in [3.05, 3.63) is 66.1 Å². The Balaban J connectivity index is 1.43. The van der Waals surface area contributed by atoms with Gasteiger partial charge < -0.3 is 5.32 Å². The Hall–Kier alpha value is -2.71. The van der Waals surface area contributed by atoms with Crippen LogP contribution in [-0.2, 0) is 16.6 Å². The minimum atomic E-state index is -3.95. The Morgan fingerprint density at radius 1 is 1.12 bits per heavy atom. The molecular formula is C25H31FN4O2S. The lowest BCUT2D eigenvalue weighted by molar-refractivity contribution is 0.305. The van der Waals surface area contributed by atoms with Crippen molar-refractivity contribution >= 4 is 15.7 Å². The molecule has 1 heterocycles. The standard InChI is InChI=1S/C25H31FN4O2S/c1-18(15-19-7-3-2-4-8-19)27-17-20-9-5-6-10-24(20)30-33(31,32)21-11-12-22(23(26)16-21)25-13-14-28-29-25/h5-6,9-14,16,18-19,27,30H,2-4,7-8,15,17H2,1H3,(H,28,29)/t18-/m0/s1. The summed E-state index contributed by atoms with van der Waals surface area (Å²) in [6.45, 7) is 2.74. The minimum Gasteiger partial charge on any atom is -0.310 e. The Labute approximate surface area is 195 Å². The third kappa shape index (κ3) is 6.00. The Morgan fingerprint density at radius 3 is 2.64 bits per heavy atom. The molecule has 0 bridgehead atoms. The van der Waals surface area contributed by atoms with Crippen LogP contribution in [0.4, 0.5) is 10.1 Å². The maximum Gasteiger partial charge on any atom is 0.262 e. The summed E-state index contributed by atoms with van der Waals surface area (Å²) in [6, 6.07) is 13.1. The highest BCUT2D eigenvalue weighted by molar-refractivity contribution is 7.92. The van der Waals surface area contributed by atoms with Crippen LogP contribution >= 0.6 is 0 Å². The van der Waals surface area contributed by atoms with Crippen molar-refractivity contribution in [2.24, 2.45) is 5.92 Å². The van der Waals surface area contributed by atoms with Crippen molar-refractivity contribution in [2.75, 3.05) is 4.72 Å². The lowest BCUT2D eigenvalue weighted by atomic mass is 9.85. The number of hydrogen-bond acceptors (Lipinski definition) is 4. The molecule has 0 radical (unpaired) electrons. The molecule has 33 heavy (non-hydrogen) atoms. The van der Waals surface area contributed by atoms with Crippen LogP contribution in [0.2, 0.25) is 0 Å². The normalized spacial score (nSPS) is 15.9. The summed E-state index contributed by atoms with van der Waals surface area (Å²) in [5.41, 5.74) is 2.01. The number of rotatable bonds is 9. The largest absolute Gasteiger partial charge is 0.310 e. The number of halogens is 1. The molecule has 3 aromatic rings. The van der Waals surface area contributed by atoms with E-state index in [-0.39, 0.29) is 10.5 Å². The van der Waals surface area contributed by atoms with E-state index in [0.717, 1.165) is 24.0 Å². The van der Waals surface area contributed by atoms with Crippen molar-refractivity contribution in [3.8, 4) is 11.3 Å². The van der Waals surface area contributed by atoms with Gasteiger partial charge >= 0.3 is 0 Å². The zero-order chi connectivity index (χ0) is 23.3. The van der Waals surface area contributed by atoms with Crippen LogP contribution in [-0.4, -0.2) is 24.7 Å². The summed E-state index contributed by atoms with van der Waals surface area (Å²) in [5, 5.41) is 10.1. The fourth-order valence-corrected chi connectivity index (χ4v) is 5.66. The van der Waals surface area contributed by atoms with E-state index in [1.54, 1.807) is 24.4 Å². The molecule has 1 aliphatic rings. The van der Waals surface area contributed by atoms with Crippen LogP contribution in [0.25, 0.3) is 11.3 Å². The van der Waals surface area contributed by atoms with E-state index < -0.39 is 15.8 Å². The molecule has 1 saturated carbocycles. The Kier molecular flexibility index (Phi) is 7.45. The SMILES string of the molecule is C[C@@H](CC1CCCCC1)NCc1ccccc1NS(=O)(=O)c1ccc(-c2cc[nH]n2)c(F)c1. The summed E-state index contributed by atoms with van der Waals surface area (Å²) >= 11 is 0. The summed E-state index contributed by atoms with van der Waals surface area (Å²) in [5.74, 6) is 0.130. The van der Waals surface area contributed by atoms with E-state index in [0.29, 0.717) is 24.0 Å². The highest BCUT2D eigenvalue weighted by Gasteiger charge is 2.20. The molecule has 3 N–H and O–H groups in total. The van der Waals surface area contributed by atoms with Crippen LogP contribution < -0.4 is 10.0 Å². The van der Waals surface area contributed by atoms with E-state index in [4.69, 9.17) is 0 Å². The zero-order valence-electron chi connectivity index (χ0n) is 18.9. The van der Waals surface area contributed by atoms with Gasteiger partial charge in [-0.25, -0.2) is 12.8 Å². The summed E-state index contributed by atoms with van der Waals surface area (Å²) in [6.07, 6.45) is 9.32. The second-order valence-corrected chi connectivity index (χ2v) is 10.6. The molecule has 0 unspecified atom stereocenters. The summed E-state index contributed by atoms with van der Waals surface area (Å²) < 4.78 is 43.2. The number of anilines is 1. The number of benzene rings is 2. The van der Waals surface area contributed by atoms with Gasteiger partial charge in [0.05, 0.1) is 16.3 Å². The lowest BCUT2D eigenvalue weighted by Crippen LogP contribution is -2.29. The highest BCUT2D eigenvalue weighted by atomic mass is 32.2. The van der Waals surface area contributed by atoms with Gasteiger partial charge in [-0.2, -0.15) is 5.10 Å². The first-order chi connectivity index (χ1) is 15.9. The lowest BCUT2D eigenvalue weighted by Gasteiger charge is -2.25. The van der Waals surface area contributed by atoms with E-state index in [2.05, 4.69) is 27.2 Å². The van der Waals surface area contributed by atoms with Crippen molar-refractivity contribution in [1.29, 1.82) is 0 Å². The maximum atomic E-state index is 14.6. The number of aromatic amines is 1. The monoisotopic (exact) mass is 470 g/mol. The average molecular weight is 471 g/mol. The van der Waals surface area contributed by atoms with Crippen molar-refractivity contribution in [1.82, 2.24) is 15.5 Å². The molecule has 0 saturated heterocycles. The number of sulfonamides is 1. The van der Waals surface area contributed by atoms with E-state index in [1.165, 1.54) is 44.2 Å². The van der Waals surface area contributed by atoms with Gasteiger partial charge in [-0.05, 0) is 55.2 Å². The van der Waals surface area contributed by atoms with Crippen LogP contribution in [0.1, 0.15) is 51.0 Å². The third-order valence-electron chi connectivity index (χ3n) is 6.34. The van der Waals surface area contributed by atoms with Crippen LogP contribution in [0.15, 0.2) is 59.6 Å². The fourth-order valence-electron chi connectivity index (χ4n) is 4.55. The molecule has 0 amide bonds. The number of nitrogens with one attached hydrogen (secondary N) is 3. The summed E-state index contributed by atoms with van der Waals surface area (Å²) in [4.78, 5) is -0.132. The Morgan fingerprint density at radius 2 is 1.91 bits per heavy atom. The van der Waals surface area contributed by atoms with Gasteiger partial charge in [0.15, 0.2) is 0 Å². The molecule has 1 aromatic heterocycles. The molecule has 1 fully saturated rings. The molecule has 1 atom stereocenters. The quantitative estimate of drug-likeness (QED) is 0.387. The second-order valence-electron chi connectivity index (χ2n) is 8.89. The van der Waals surface area contributed by atoms with Crippen LogP contribution in [0, 0.1) is 11.7 Å². The summed E-state index contributed by atoms with van der Waals surface area (Å²) in [7, 11) is -3.95.